The van der Waals surface area contributed by atoms with E-state index >= 15 is 0 Å². The Kier molecular flexibility index (Phi) is 4.22. The Bertz CT molecular complexity index is 529. The molecule has 2 aromatic carbocycles. The standard InChI is InChI=1S/C15H13ClN2/c16-13-6-8-14(9-7-13)18-15(10-11-17)12-4-2-1-3-5-12/h1-9,15,18H,10H2. The second-order valence-corrected chi connectivity index (χ2v) is 4.41. The van der Waals surface area contributed by atoms with Gasteiger partial charge in [0.25, 0.3) is 0 Å². The molecule has 0 saturated carbocycles. The van der Waals surface area contributed by atoms with Gasteiger partial charge in [0.15, 0.2) is 0 Å². The third kappa shape index (κ3) is 3.26. The fraction of sp³-hybridized carbons (Fsp3) is 0.133. The van der Waals surface area contributed by atoms with Crippen LogP contribution in [0.5, 0.6) is 0 Å². The van der Waals surface area contributed by atoms with E-state index in [1.54, 1.807) is 0 Å². The summed E-state index contributed by atoms with van der Waals surface area (Å²) in [4.78, 5) is 0. The van der Waals surface area contributed by atoms with Crippen molar-refractivity contribution in [3.8, 4) is 6.07 Å². The van der Waals surface area contributed by atoms with Crippen molar-refractivity contribution in [2.75, 3.05) is 5.32 Å². The van der Waals surface area contributed by atoms with Crippen molar-refractivity contribution in [1.29, 1.82) is 5.26 Å². The second-order valence-electron chi connectivity index (χ2n) is 3.98. The molecule has 0 radical (unpaired) electrons. The summed E-state index contributed by atoms with van der Waals surface area (Å²) in [5, 5.41) is 13.0. The maximum atomic E-state index is 8.91. The van der Waals surface area contributed by atoms with E-state index < -0.39 is 0 Å². The first-order valence-electron chi connectivity index (χ1n) is 5.73. The molecule has 1 unspecified atom stereocenters. The summed E-state index contributed by atoms with van der Waals surface area (Å²) in [5.41, 5.74) is 2.07. The Morgan fingerprint density at radius 3 is 2.33 bits per heavy atom. The number of nitrogens with one attached hydrogen (secondary N) is 1. The number of hydrogen-bond acceptors (Lipinski definition) is 2. The lowest BCUT2D eigenvalue weighted by atomic mass is 10.0. The van der Waals surface area contributed by atoms with Crippen LogP contribution in [0.25, 0.3) is 0 Å². The summed E-state index contributed by atoms with van der Waals surface area (Å²) in [7, 11) is 0. The van der Waals surface area contributed by atoms with Gasteiger partial charge in [0.2, 0.25) is 0 Å². The highest BCUT2D eigenvalue weighted by molar-refractivity contribution is 6.30. The lowest BCUT2D eigenvalue weighted by molar-refractivity contribution is 0.806. The number of benzene rings is 2. The van der Waals surface area contributed by atoms with Crippen LogP contribution in [-0.4, -0.2) is 0 Å². The SMILES string of the molecule is N#CCC(Nc1ccc(Cl)cc1)c1ccccc1. The lowest BCUT2D eigenvalue weighted by Crippen LogP contribution is -2.09. The highest BCUT2D eigenvalue weighted by Gasteiger charge is 2.10. The molecule has 0 saturated heterocycles. The van der Waals surface area contributed by atoms with E-state index in [1.165, 1.54) is 0 Å². The number of halogens is 1. The Balaban J connectivity index is 2.17. The minimum Gasteiger partial charge on any atom is -0.377 e. The van der Waals surface area contributed by atoms with Gasteiger partial charge in [-0.1, -0.05) is 41.9 Å². The van der Waals surface area contributed by atoms with Crippen LogP contribution in [0.2, 0.25) is 5.02 Å². The van der Waals surface area contributed by atoms with Gasteiger partial charge in [0.05, 0.1) is 18.5 Å². The van der Waals surface area contributed by atoms with Gasteiger partial charge in [0.1, 0.15) is 0 Å². The Morgan fingerprint density at radius 1 is 1.06 bits per heavy atom. The average molecular weight is 257 g/mol. The molecule has 0 bridgehead atoms. The molecule has 0 aliphatic rings. The zero-order chi connectivity index (χ0) is 12.8. The number of hydrogen-bond donors (Lipinski definition) is 1. The molecule has 1 N–H and O–H groups in total. The molecular weight excluding hydrogens is 244 g/mol. The summed E-state index contributed by atoms with van der Waals surface area (Å²) < 4.78 is 0. The van der Waals surface area contributed by atoms with Gasteiger partial charge in [-0.3, -0.25) is 0 Å². The summed E-state index contributed by atoms with van der Waals surface area (Å²) in [6.45, 7) is 0. The van der Waals surface area contributed by atoms with Crippen molar-refractivity contribution in [2.24, 2.45) is 0 Å². The van der Waals surface area contributed by atoms with Gasteiger partial charge < -0.3 is 5.32 Å². The van der Waals surface area contributed by atoms with Crippen molar-refractivity contribution < 1.29 is 0 Å². The molecule has 1 atom stereocenters. The smallest absolute Gasteiger partial charge is 0.0647 e. The summed E-state index contributed by atoms with van der Waals surface area (Å²) in [6, 6.07) is 19.7. The Morgan fingerprint density at radius 2 is 1.72 bits per heavy atom. The predicted molar refractivity (Wildman–Crippen MR) is 74.5 cm³/mol. The maximum absolute atomic E-state index is 8.91. The molecule has 0 fully saturated rings. The van der Waals surface area contributed by atoms with Crippen LogP contribution in [0.3, 0.4) is 0 Å². The maximum Gasteiger partial charge on any atom is 0.0647 e. The van der Waals surface area contributed by atoms with Crippen LogP contribution in [0, 0.1) is 11.3 Å². The molecule has 0 aromatic heterocycles. The van der Waals surface area contributed by atoms with E-state index in [4.69, 9.17) is 16.9 Å². The largest absolute Gasteiger partial charge is 0.377 e. The van der Waals surface area contributed by atoms with Crippen LogP contribution in [-0.2, 0) is 0 Å². The number of rotatable bonds is 4. The number of nitrogens with zero attached hydrogens (tertiary/aromatic N) is 1. The van der Waals surface area contributed by atoms with Gasteiger partial charge >= 0.3 is 0 Å². The molecule has 0 aliphatic carbocycles. The van der Waals surface area contributed by atoms with Gasteiger partial charge in [-0.2, -0.15) is 5.26 Å². The fourth-order valence-electron chi connectivity index (χ4n) is 1.78. The van der Waals surface area contributed by atoms with E-state index in [-0.39, 0.29) is 6.04 Å². The van der Waals surface area contributed by atoms with Crippen molar-refractivity contribution in [3.05, 3.63) is 65.2 Å². The van der Waals surface area contributed by atoms with Gasteiger partial charge in [0, 0.05) is 10.7 Å². The molecular formula is C15H13ClN2. The van der Waals surface area contributed by atoms with E-state index in [1.807, 2.05) is 54.6 Å². The third-order valence-electron chi connectivity index (χ3n) is 2.68. The molecule has 90 valence electrons. The van der Waals surface area contributed by atoms with Crippen molar-refractivity contribution in [3.63, 3.8) is 0 Å². The zero-order valence-corrected chi connectivity index (χ0v) is 10.6. The molecule has 0 heterocycles. The first-order valence-corrected chi connectivity index (χ1v) is 6.11. The van der Waals surface area contributed by atoms with E-state index in [2.05, 4.69) is 11.4 Å². The van der Waals surface area contributed by atoms with Crippen molar-refractivity contribution in [2.45, 2.75) is 12.5 Å². The quantitative estimate of drug-likeness (QED) is 0.880. The van der Waals surface area contributed by atoms with Crippen LogP contribution < -0.4 is 5.32 Å². The zero-order valence-electron chi connectivity index (χ0n) is 9.81. The summed E-state index contributed by atoms with van der Waals surface area (Å²) in [5.74, 6) is 0. The first kappa shape index (κ1) is 12.5. The molecule has 18 heavy (non-hydrogen) atoms. The van der Waals surface area contributed by atoms with Crippen LogP contribution in [0.4, 0.5) is 5.69 Å². The predicted octanol–water partition coefficient (Wildman–Crippen LogP) is 4.41. The molecule has 0 aliphatic heterocycles. The van der Waals surface area contributed by atoms with Crippen LogP contribution >= 0.6 is 11.6 Å². The highest BCUT2D eigenvalue weighted by Crippen LogP contribution is 2.23. The molecule has 2 nitrogen and oxygen atoms in total. The fourth-order valence-corrected chi connectivity index (χ4v) is 1.90. The number of nitriles is 1. The van der Waals surface area contributed by atoms with Crippen LogP contribution in [0.1, 0.15) is 18.0 Å². The molecule has 2 aromatic rings. The Labute approximate surface area is 112 Å². The second kappa shape index (κ2) is 6.09. The van der Waals surface area contributed by atoms with E-state index in [0.29, 0.717) is 11.4 Å². The van der Waals surface area contributed by atoms with E-state index in [0.717, 1.165) is 11.3 Å². The number of anilines is 1. The summed E-state index contributed by atoms with van der Waals surface area (Å²) in [6.07, 6.45) is 0.423. The van der Waals surface area contributed by atoms with Crippen molar-refractivity contribution >= 4 is 17.3 Å². The molecule has 3 heteroatoms. The van der Waals surface area contributed by atoms with Gasteiger partial charge in [-0.25, -0.2) is 0 Å². The van der Waals surface area contributed by atoms with Crippen LogP contribution in [0.15, 0.2) is 54.6 Å². The minimum atomic E-state index is -0.00243. The highest BCUT2D eigenvalue weighted by atomic mass is 35.5. The summed E-state index contributed by atoms with van der Waals surface area (Å²) >= 11 is 5.85. The first-order chi connectivity index (χ1) is 8.79. The van der Waals surface area contributed by atoms with Crippen molar-refractivity contribution in [1.82, 2.24) is 0 Å². The third-order valence-corrected chi connectivity index (χ3v) is 2.93. The normalized spacial score (nSPS) is 11.6. The average Bonchev–Trinajstić information content (AvgIpc) is 2.42. The molecule has 0 amide bonds. The van der Waals surface area contributed by atoms with Gasteiger partial charge in [-0.05, 0) is 29.8 Å². The Hall–Kier alpha value is -1.98. The monoisotopic (exact) mass is 256 g/mol. The van der Waals surface area contributed by atoms with E-state index in [9.17, 15) is 0 Å². The topological polar surface area (TPSA) is 35.8 Å². The molecule has 2 rings (SSSR count). The lowest BCUT2D eigenvalue weighted by Gasteiger charge is -2.17. The molecule has 0 spiro atoms. The minimum absolute atomic E-state index is 0.00243. The van der Waals surface area contributed by atoms with Gasteiger partial charge in [-0.15, -0.1) is 0 Å².